The topological polar surface area (TPSA) is 67.6 Å². The maximum atomic E-state index is 11.3. The predicted molar refractivity (Wildman–Crippen MR) is 135 cm³/mol. The number of carbonyl (C=O) groups excluding carboxylic acids is 1. The first-order valence-corrected chi connectivity index (χ1v) is 11.6. The van der Waals surface area contributed by atoms with Gasteiger partial charge in [0.25, 0.3) is 0 Å². The molecule has 4 rings (SSSR count). The number of nitrogens with two attached hydrogens (primary N) is 1. The Morgan fingerprint density at radius 2 is 1.88 bits per heavy atom. The summed E-state index contributed by atoms with van der Waals surface area (Å²) in [5.41, 5.74) is 11.4. The van der Waals surface area contributed by atoms with Crippen LogP contribution in [0.4, 0.5) is 17.1 Å². The summed E-state index contributed by atoms with van der Waals surface area (Å²) in [5.74, 6) is 4.54. The molecule has 1 heterocycles. The molecule has 0 bridgehead atoms. The fourth-order valence-corrected chi connectivity index (χ4v) is 4.74. The summed E-state index contributed by atoms with van der Waals surface area (Å²) in [6.07, 6.45) is 3.22. The van der Waals surface area contributed by atoms with E-state index in [9.17, 15) is 4.79 Å². The Hall–Kier alpha value is -3.31. The molecule has 33 heavy (non-hydrogen) atoms. The Kier molecular flexibility index (Phi) is 6.99. The van der Waals surface area contributed by atoms with Gasteiger partial charge < -0.3 is 15.1 Å². The number of anilines is 3. The summed E-state index contributed by atoms with van der Waals surface area (Å²) in [5, 5.41) is 3.59. The maximum Gasteiger partial charge on any atom is 0.324 e. The van der Waals surface area contributed by atoms with Gasteiger partial charge in [-0.25, -0.2) is 0 Å². The first kappa shape index (κ1) is 22.9. The van der Waals surface area contributed by atoms with E-state index in [-0.39, 0.29) is 12.4 Å². The fourth-order valence-electron chi connectivity index (χ4n) is 4.74. The van der Waals surface area contributed by atoms with Gasteiger partial charge in [-0.05, 0) is 97.7 Å². The van der Waals surface area contributed by atoms with E-state index in [0.717, 1.165) is 36.3 Å². The van der Waals surface area contributed by atoms with Crippen molar-refractivity contribution in [3.05, 3.63) is 88.0 Å². The number of rotatable bonds is 7. The van der Waals surface area contributed by atoms with Crippen molar-refractivity contribution in [2.45, 2.75) is 53.0 Å². The molecule has 172 valence electrons. The molecule has 0 atom stereocenters. The standard InChI is InChI=1S/C28H33N3O2/c1-19-6-4-8-26(16-19)31-15-5-7-23-9-10-24(21(3)28(23)31)18-30-25-13-11-22(20(2)17-25)12-14-27(32)33-29/h4,6,8-11,13,16-17,30H,5,7,12,14-15,18,29H2,1-3H3. The number of aryl methyl sites for hydroxylation is 4. The van der Waals surface area contributed by atoms with Crippen molar-refractivity contribution in [3.8, 4) is 0 Å². The number of benzene rings is 3. The zero-order valence-corrected chi connectivity index (χ0v) is 19.8. The first-order chi connectivity index (χ1) is 16.0. The predicted octanol–water partition coefficient (Wildman–Crippen LogP) is 5.66. The normalized spacial score (nSPS) is 12.9. The maximum absolute atomic E-state index is 11.3. The van der Waals surface area contributed by atoms with Crippen LogP contribution < -0.4 is 16.1 Å². The third-order valence-electron chi connectivity index (χ3n) is 6.59. The van der Waals surface area contributed by atoms with Gasteiger partial charge in [-0.2, -0.15) is 5.90 Å². The van der Waals surface area contributed by atoms with Gasteiger partial charge in [0.1, 0.15) is 0 Å². The van der Waals surface area contributed by atoms with Gasteiger partial charge in [0.15, 0.2) is 0 Å². The van der Waals surface area contributed by atoms with Crippen molar-refractivity contribution in [3.63, 3.8) is 0 Å². The molecule has 1 aliphatic rings. The third kappa shape index (κ3) is 5.20. The molecule has 0 saturated heterocycles. The number of nitrogens with zero attached hydrogens (tertiary/aromatic N) is 1. The average Bonchev–Trinajstić information content (AvgIpc) is 2.82. The van der Waals surface area contributed by atoms with Gasteiger partial charge >= 0.3 is 5.97 Å². The van der Waals surface area contributed by atoms with Gasteiger partial charge in [0.2, 0.25) is 0 Å². The second-order valence-corrected chi connectivity index (χ2v) is 8.94. The quantitative estimate of drug-likeness (QED) is 0.461. The lowest BCUT2D eigenvalue weighted by atomic mass is 9.94. The van der Waals surface area contributed by atoms with Gasteiger partial charge in [-0.3, -0.25) is 4.79 Å². The van der Waals surface area contributed by atoms with E-state index >= 15 is 0 Å². The molecular formula is C28H33N3O2. The lowest BCUT2D eigenvalue weighted by Crippen LogP contribution is -2.26. The summed E-state index contributed by atoms with van der Waals surface area (Å²) in [4.78, 5) is 18.1. The molecule has 3 aromatic carbocycles. The molecule has 3 N–H and O–H groups in total. The summed E-state index contributed by atoms with van der Waals surface area (Å²) in [7, 11) is 0. The summed E-state index contributed by atoms with van der Waals surface area (Å²) >= 11 is 0. The third-order valence-corrected chi connectivity index (χ3v) is 6.59. The first-order valence-electron chi connectivity index (χ1n) is 11.6. The van der Waals surface area contributed by atoms with E-state index in [1.54, 1.807) is 0 Å². The largest absolute Gasteiger partial charge is 0.381 e. The Morgan fingerprint density at radius 3 is 2.64 bits per heavy atom. The van der Waals surface area contributed by atoms with E-state index in [2.05, 4.69) is 90.4 Å². The Labute approximate surface area is 196 Å². The second kappa shape index (κ2) is 10.1. The van der Waals surface area contributed by atoms with E-state index in [1.165, 1.54) is 40.0 Å². The molecule has 0 unspecified atom stereocenters. The van der Waals surface area contributed by atoms with Crippen LogP contribution >= 0.6 is 0 Å². The molecule has 0 aromatic heterocycles. The summed E-state index contributed by atoms with van der Waals surface area (Å²) in [6, 6.07) is 19.6. The monoisotopic (exact) mass is 443 g/mol. The second-order valence-electron chi connectivity index (χ2n) is 8.94. The minimum absolute atomic E-state index is 0.288. The van der Waals surface area contributed by atoms with Crippen molar-refractivity contribution >= 4 is 23.0 Å². The van der Waals surface area contributed by atoms with Crippen LogP contribution in [0.1, 0.15) is 46.2 Å². The Morgan fingerprint density at radius 1 is 1.06 bits per heavy atom. The van der Waals surface area contributed by atoms with Crippen molar-refractivity contribution in [1.29, 1.82) is 0 Å². The molecule has 5 heteroatoms. The zero-order valence-electron chi connectivity index (χ0n) is 19.8. The lowest BCUT2D eigenvalue weighted by Gasteiger charge is -2.34. The van der Waals surface area contributed by atoms with Crippen molar-refractivity contribution < 1.29 is 9.63 Å². The minimum atomic E-state index is -0.390. The van der Waals surface area contributed by atoms with Crippen LogP contribution in [-0.4, -0.2) is 12.5 Å². The highest BCUT2D eigenvalue weighted by molar-refractivity contribution is 5.73. The molecule has 5 nitrogen and oxygen atoms in total. The fraction of sp³-hybridized carbons (Fsp3) is 0.321. The minimum Gasteiger partial charge on any atom is -0.381 e. The SMILES string of the molecule is Cc1cccc(N2CCCc3ccc(CNc4ccc(CCC(=O)ON)c(C)c4)c(C)c32)c1. The average molecular weight is 444 g/mol. The number of hydrogen-bond acceptors (Lipinski definition) is 5. The lowest BCUT2D eigenvalue weighted by molar-refractivity contribution is -0.144. The van der Waals surface area contributed by atoms with Crippen LogP contribution in [-0.2, 0) is 29.0 Å². The molecule has 0 fully saturated rings. The molecular weight excluding hydrogens is 410 g/mol. The Bertz CT molecular complexity index is 1160. The van der Waals surface area contributed by atoms with Crippen LogP contribution in [0.5, 0.6) is 0 Å². The van der Waals surface area contributed by atoms with Crippen molar-refractivity contribution in [2.75, 3.05) is 16.8 Å². The van der Waals surface area contributed by atoms with Crippen LogP contribution in [0.15, 0.2) is 54.6 Å². The van der Waals surface area contributed by atoms with Crippen LogP contribution in [0, 0.1) is 20.8 Å². The van der Waals surface area contributed by atoms with Gasteiger partial charge in [-0.15, -0.1) is 0 Å². The van der Waals surface area contributed by atoms with Crippen LogP contribution in [0.2, 0.25) is 0 Å². The highest BCUT2D eigenvalue weighted by Gasteiger charge is 2.22. The van der Waals surface area contributed by atoms with E-state index in [0.29, 0.717) is 6.42 Å². The van der Waals surface area contributed by atoms with Gasteiger partial charge in [0, 0.05) is 30.2 Å². The summed E-state index contributed by atoms with van der Waals surface area (Å²) in [6.45, 7) is 8.28. The molecule has 1 aliphatic heterocycles. The van der Waals surface area contributed by atoms with Crippen molar-refractivity contribution in [1.82, 2.24) is 0 Å². The number of nitrogens with one attached hydrogen (secondary N) is 1. The van der Waals surface area contributed by atoms with E-state index in [4.69, 9.17) is 5.90 Å². The molecule has 0 spiro atoms. The molecule has 0 aliphatic carbocycles. The smallest absolute Gasteiger partial charge is 0.324 e. The number of fused-ring (bicyclic) bond motifs is 1. The van der Waals surface area contributed by atoms with E-state index < -0.39 is 0 Å². The van der Waals surface area contributed by atoms with Crippen LogP contribution in [0.3, 0.4) is 0 Å². The highest BCUT2D eigenvalue weighted by atomic mass is 16.7. The molecule has 0 saturated carbocycles. The summed E-state index contributed by atoms with van der Waals surface area (Å²) < 4.78 is 0. The molecule has 3 aromatic rings. The van der Waals surface area contributed by atoms with E-state index in [1.807, 2.05) is 0 Å². The zero-order chi connectivity index (χ0) is 23.4. The number of hydrogen-bond donors (Lipinski definition) is 2. The van der Waals surface area contributed by atoms with Gasteiger partial charge in [-0.1, -0.05) is 30.3 Å². The van der Waals surface area contributed by atoms with Crippen molar-refractivity contribution in [2.24, 2.45) is 5.90 Å². The Balaban J connectivity index is 1.51. The van der Waals surface area contributed by atoms with Gasteiger partial charge in [0.05, 0.1) is 6.42 Å². The highest BCUT2D eigenvalue weighted by Crippen LogP contribution is 2.38. The molecule has 0 radical (unpaired) electrons. The molecule has 0 amide bonds. The van der Waals surface area contributed by atoms with Crippen LogP contribution in [0.25, 0.3) is 0 Å². The number of carbonyl (C=O) groups is 1.